The zero-order chi connectivity index (χ0) is 13.9. The van der Waals surface area contributed by atoms with Gasteiger partial charge in [-0.25, -0.2) is 13.1 Å². The maximum Gasteiger partial charge on any atom is 0.240 e. The molecule has 0 saturated carbocycles. The number of aryl methyl sites for hydroxylation is 1. The molecular formula is C12H14ClN3O2S. The number of halogens is 1. The van der Waals surface area contributed by atoms with E-state index in [0.717, 1.165) is 5.56 Å². The molecule has 2 aromatic rings. The smallest absolute Gasteiger partial charge is 0.240 e. The highest BCUT2D eigenvalue weighted by Crippen LogP contribution is 2.09. The van der Waals surface area contributed by atoms with E-state index >= 15 is 0 Å². The number of hydrogen-bond acceptors (Lipinski definition) is 3. The third-order valence-electron chi connectivity index (χ3n) is 2.57. The van der Waals surface area contributed by atoms with Crippen molar-refractivity contribution in [2.75, 3.05) is 6.54 Å². The number of benzene rings is 1. The largest absolute Gasteiger partial charge is 0.270 e. The Morgan fingerprint density at radius 3 is 2.58 bits per heavy atom. The van der Waals surface area contributed by atoms with E-state index in [1.54, 1.807) is 35.1 Å². The van der Waals surface area contributed by atoms with Crippen LogP contribution >= 0.6 is 11.6 Å². The van der Waals surface area contributed by atoms with Gasteiger partial charge in [-0.3, -0.25) is 4.68 Å². The molecule has 0 bridgehead atoms. The van der Waals surface area contributed by atoms with Crippen molar-refractivity contribution in [2.45, 2.75) is 18.4 Å². The van der Waals surface area contributed by atoms with Gasteiger partial charge in [0.2, 0.25) is 10.0 Å². The summed E-state index contributed by atoms with van der Waals surface area (Å²) in [6.07, 6.45) is 3.15. The average Bonchev–Trinajstić information content (AvgIpc) is 2.75. The number of sulfonamides is 1. The van der Waals surface area contributed by atoms with Crippen LogP contribution in [0.2, 0.25) is 5.02 Å². The Labute approximate surface area is 117 Å². The highest BCUT2D eigenvalue weighted by molar-refractivity contribution is 7.89. The summed E-state index contributed by atoms with van der Waals surface area (Å²) in [5, 5.41) is 4.50. The number of rotatable bonds is 5. The van der Waals surface area contributed by atoms with Gasteiger partial charge in [0.15, 0.2) is 0 Å². The van der Waals surface area contributed by atoms with Gasteiger partial charge in [0.05, 0.1) is 22.7 Å². The monoisotopic (exact) mass is 299 g/mol. The van der Waals surface area contributed by atoms with Crippen LogP contribution in [-0.2, 0) is 16.6 Å². The lowest BCUT2D eigenvalue weighted by molar-refractivity contribution is 0.561. The van der Waals surface area contributed by atoms with Crippen molar-refractivity contribution >= 4 is 21.6 Å². The first-order valence-electron chi connectivity index (χ1n) is 5.72. The van der Waals surface area contributed by atoms with Crippen molar-refractivity contribution in [2.24, 2.45) is 0 Å². The first-order chi connectivity index (χ1) is 8.97. The van der Waals surface area contributed by atoms with Crippen molar-refractivity contribution in [3.63, 3.8) is 0 Å². The lowest BCUT2D eigenvalue weighted by Gasteiger charge is -2.07. The number of aromatic nitrogens is 2. The first kappa shape index (κ1) is 14.0. The molecule has 0 aliphatic heterocycles. The van der Waals surface area contributed by atoms with Crippen LogP contribution in [0.15, 0.2) is 41.6 Å². The van der Waals surface area contributed by atoms with Crippen LogP contribution in [0.25, 0.3) is 0 Å². The minimum atomic E-state index is -3.46. The molecule has 1 N–H and O–H groups in total. The van der Waals surface area contributed by atoms with Crippen LogP contribution in [0.5, 0.6) is 0 Å². The fourth-order valence-electron chi connectivity index (χ4n) is 1.56. The number of nitrogens with one attached hydrogen (secondary N) is 1. The van der Waals surface area contributed by atoms with Crippen LogP contribution in [0.1, 0.15) is 5.56 Å². The summed E-state index contributed by atoms with van der Waals surface area (Å²) in [7, 11) is -3.46. The van der Waals surface area contributed by atoms with Gasteiger partial charge < -0.3 is 0 Å². The highest BCUT2D eigenvalue weighted by atomic mass is 35.5. The molecule has 0 saturated heterocycles. The number of hydrogen-bond donors (Lipinski definition) is 1. The molecule has 0 radical (unpaired) electrons. The average molecular weight is 300 g/mol. The topological polar surface area (TPSA) is 64.0 Å². The van der Waals surface area contributed by atoms with Crippen LogP contribution in [0, 0.1) is 6.92 Å². The Morgan fingerprint density at radius 1 is 1.32 bits per heavy atom. The molecule has 0 spiro atoms. The lowest BCUT2D eigenvalue weighted by Crippen LogP contribution is -2.27. The maximum atomic E-state index is 12.0. The van der Waals surface area contributed by atoms with Gasteiger partial charge >= 0.3 is 0 Å². The Morgan fingerprint density at radius 2 is 2.00 bits per heavy atom. The lowest BCUT2D eigenvalue weighted by atomic mass is 10.2. The van der Waals surface area contributed by atoms with Gasteiger partial charge in [0.25, 0.3) is 0 Å². The third-order valence-corrected chi connectivity index (χ3v) is 4.24. The number of nitrogens with zero attached hydrogens (tertiary/aromatic N) is 2. The minimum Gasteiger partial charge on any atom is -0.270 e. The molecule has 0 fully saturated rings. The molecule has 0 unspecified atom stereocenters. The molecule has 0 amide bonds. The van der Waals surface area contributed by atoms with Crippen LogP contribution in [0.3, 0.4) is 0 Å². The summed E-state index contributed by atoms with van der Waals surface area (Å²) < 4.78 is 28.0. The zero-order valence-electron chi connectivity index (χ0n) is 10.4. The predicted octanol–water partition coefficient (Wildman–Crippen LogP) is 1.82. The highest BCUT2D eigenvalue weighted by Gasteiger charge is 2.12. The normalized spacial score (nSPS) is 11.7. The van der Waals surface area contributed by atoms with Gasteiger partial charge in [0, 0.05) is 12.7 Å². The van der Waals surface area contributed by atoms with Crippen molar-refractivity contribution in [3.8, 4) is 0 Å². The summed E-state index contributed by atoms with van der Waals surface area (Å²) >= 11 is 5.72. The summed E-state index contributed by atoms with van der Waals surface area (Å²) in [6, 6.07) is 6.70. The SMILES string of the molecule is Cc1ccc(S(=O)(=O)NCCn2cc(Cl)cn2)cc1. The van der Waals surface area contributed by atoms with Crippen molar-refractivity contribution in [3.05, 3.63) is 47.2 Å². The molecule has 1 heterocycles. The van der Waals surface area contributed by atoms with Gasteiger partial charge in [-0.15, -0.1) is 0 Å². The van der Waals surface area contributed by atoms with E-state index < -0.39 is 10.0 Å². The van der Waals surface area contributed by atoms with Crippen molar-refractivity contribution in [1.82, 2.24) is 14.5 Å². The molecule has 0 aliphatic rings. The van der Waals surface area contributed by atoms with Crippen LogP contribution in [0.4, 0.5) is 0 Å². The standard InChI is InChI=1S/C12H14ClN3O2S/c1-10-2-4-12(5-3-10)19(17,18)15-6-7-16-9-11(13)8-14-16/h2-5,8-9,15H,6-7H2,1H3. The molecule has 1 aromatic carbocycles. The van der Waals surface area contributed by atoms with Crippen LogP contribution < -0.4 is 4.72 Å². The fraction of sp³-hybridized carbons (Fsp3) is 0.250. The molecule has 5 nitrogen and oxygen atoms in total. The summed E-state index contributed by atoms with van der Waals surface area (Å²) in [6.45, 7) is 2.59. The van der Waals surface area contributed by atoms with E-state index in [1.165, 1.54) is 6.20 Å². The van der Waals surface area contributed by atoms with Crippen molar-refractivity contribution in [1.29, 1.82) is 0 Å². The molecule has 7 heteroatoms. The molecule has 0 aliphatic carbocycles. The third kappa shape index (κ3) is 3.79. The molecule has 0 atom stereocenters. The van der Waals surface area contributed by atoms with Crippen LogP contribution in [-0.4, -0.2) is 24.7 Å². The fourth-order valence-corrected chi connectivity index (χ4v) is 2.73. The van der Waals surface area contributed by atoms with Gasteiger partial charge in [-0.2, -0.15) is 5.10 Å². The molecule has 2 rings (SSSR count). The van der Waals surface area contributed by atoms with E-state index in [0.29, 0.717) is 11.6 Å². The Kier molecular flexibility index (Phi) is 4.24. The van der Waals surface area contributed by atoms with E-state index in [2.05, 4.69) is 9.82 Å². The second-order valence-corrected chi connectivity index (χ2v) is 6.34. The summed E-state index contributed by atoms with van der Waals surface area (Å²) in [5.74, 6) is 0. The Hall–Kier alpha value is -1.37. The molecule has 19 heavy (non-hydrogen) atoms. The predicted molar refractivity (Wildman–Crippen MR) is 73.6 cm³/mol. The second kappa shape index (κ2) is 5.73. The summed E-state index contributed by atoms with van der Waals surface area (Å²) in [4.78, 5) is 0.261. The minimum absolute atomic E-state index is 0.258. The second-order valence-electron chi connectivity index (χ2n) is 4.13. The van der Waals surface area contributed by atoms with Gasteiger partial charge in [0.1, 0.15) is 0 Å². The van der Waals surface area contributed by atoms with Crippen molar-refractivity contribution < 1.29 is 8.42 Å². The zero-order valence-corrected chi connectivity index (χ0v) is 11.9. The van der Waals surface area contributed by atoms with E-state index in [4.69, 9.17) is 11.6 Å². The molecule has 102 valence electrons. The van der Waals surface area contributed by atoms with Gasteiger partial charge in [-0.05, 0) is 19.1 Å². The van der Waals surface area contributed by atoms with Gasteiger partial charge in [-0.1, -0.05) is 29.3 Å². The Balaban J connectivity index is 1.96. The molecule has 1 aromatic heterocycles. The Bertz CT molecular complexity index is 650. The molecular weight excluding hydrogens is 286 g/mol. The van der Waals surface area contributed by atoms with E-state index in [-0.39, 0.29) is 11.4 Å². The summed E-state index contributed by atoms with van der Waals surface area (Å²) in [5.41, 5.74) is 1.02. The first-order valence-corrected chi connectivity index (χ1v) is 7.58. The quantitative estimate of drug-likeness (QED) is 0.916. The maximum absolute atomic E-state index is 12.0. The van der Waals surface area contributed by atoms with E-state index in [1.807, 2.05) is 6.92 Å². The van der Waals surface area contributed by atoms with E-state index in [9.17, 15) is 8.42 Å².